The quantitative estimate of drug-likeness (QED) is 0.540. The fraction of sp³-hybridized carbons (Fsp3) is 0.800. The second-order valence-corrected chi connectivity index (χ2v) is 4.06. The Hall–Kier alpha value is -1.10. The average Bonchev–Trinajstić information content (AvgIpc) is 2.60. The number of hydrogen-bond acceptors (Lipinski definition) is 3. The molecule has 5 nitrogen and oxygen atoms in total. The number of nitrogens with two attached hydrogens (primary N) is 1. The fourth-order valence-corrected chi connectivity index (χ4v) is 2.11. The zero-order valence-corrected chi connectivity index (χ0v) is 8.74. The van der Waals surface area contributed by atoms with Gasteiger partial charge >= 0.3 is 5.97 Å². The Balaban J connectivity index is 2.20. The molecule has 0 aromatic heterocycles. The van der Waals surface area contributed by atoms with E-state index in [9.17, 15) is 9.59 Å². The lowest BCUT2D eigenvalue weighted by Crippen LogP contribution is -2.31. The minimum Gasteiger partial charge on any atom is -0.481 e. The van der Waals surface area contributed by atoms with Crippen molar-refractivity contribution >= 4 is 11.9 Å². The number of carboxylic acid groups (broad SMARTS) is 1. The Morgan fingerprint density at radius 2 is 2.13 bits per heavy atom. The van der Waals surface area contributed by atoms with Crippen molar-refractivity contribution in [1.82, 2.24) is 5.32 Å². The molecule has 1 rings (SSSR count). The summed E-state index contributed by atoms with van der Waals surface area (Å²) in [5.74, 6) is -1.04. The van der Waals surface area contributed by atoms with Crippen molar-refractivity contribution in [3.63, 3.8) is 0 Å². The molecule has 0 spiro atoms. The predicted molar refractivity (Wildman–Crippen MR) is 55.1 cm³/mol. The number of carbonyl (C=O) groups excluding carboxylic acids is 1. The highest BCUT2D eigenvalue weighted by Crippen LogP contribution is 2.31. The largest absolute Gasteiger partial charge is 0.481 e. The minimum atomic E-state index is -0.700. The van der Waals surface area contributed by atoms with Gasteiger partial charge < -0.3 is 16.2 Å². The monoisotopic (exact) mass is 214 g/mol. The molecule has 15 heavy (non-hydrogen) atoms. The van der Waals surface area contributed by atoms with Crippen molar-refractivity contribution in [2.45, 2.75) is 25.7 Å². The lowest BCUT2D eigenvalue weighted by molar-refractivity contribution is -0.142. The maximum Gasteiger partial charge on any atom is 0.306 e. The van der Waals surface area contributed by atoms with Crippen LogP contribution in [0, 0.1) is 11.8 Å². The maximum atomic E-state index is 10.9. The third-order valence-corrected chi connectivity index (χ3v) is 2.93. The average molecular weight is 214 g/mol. The van der Waals surface area contributed by atoms with Crippen LogP contribution in [0.4, 0.5) is 0 Å². The van der Waals surface area contributed by atoms with Crippen LogP contribution in [0.2, 0.25) is 0 Å². The molecule has 1 fully saturated rings. The van der Waals surface area contributed by atoms with Gasteiger partial charge in [0, 0.05) is 13.0 Å². The molecule has 0 aliphatic heterocycles. The SMILES string of the molecule is NC(=O)CCNCC1CCCC1C(=O)O. The highest BCUT2D eigenvalue weighted by Gasteiger charge is 2.32. The molecule has 0 aromatic carbocycles. The van der Waals surface area contributed by atoms with Crippen LogP contribution in [0.1, 0.15) is 25.7 Å². The van der Waals surface area contributed by atoms with Crippen molar-refractivity contribution in [2.24, 2.45) is 17.6 Å². The van der Waals surface area contributed by atoms with E-state index in [-0.39, 0.29) is 17.7 Å². The molecule has 0 heterocycles. The zero-order chi connectivity index (χ0) is 11.3. The van der Waals surface area contributed by atoms with Crippen LogP contribution in [0.25, 0.3) is 0 Å². The number of aliphatic carboxylic acids is 1. The van der Waals surface area contributed by atoms with Gasteiger partial charge in [0.1, 0.15) is 0 Å². The molecule has 5 heteroatoms. The summed E-state index contributed by atoms with van der Waals surface area (Å²) in [6.07, 6.45) is 3.03. The molecule has 2 unspecified atom stereocenters. The molecule has 1 amide bonds. The van der Waals surface area contributed by atoms with Crippen LogP contribution in [-0.2, 0) is 9.59 Å². The maximum absolute atomic E-state index is 10.9. The van der Waals surface area contributed by atoms with E-state index in [4.69, 9.17) is 10.8 Å². The number of carbonyl (C=O) groups is 2. The molecule has 1 aliphatic carbocycles. The Labute approximate surface area is 89.0 Å². The summed E-state index contributed by atoms with van der Waals surface area (Å²) >= 11 is 0. The zero-order valence-electron chi connectivity index (χ0n) is 8.74. The van der Waals surface area contributed by atoms with Gasteiger partial charge in [-0.2, -0.15) is 0 Å². The van der Waals surface area contributed by atoms with Gasteiger partial charge in [-0.05, 0) is 25.3 Å². The smallest absolute Gasteiger partial charge is 0.306 e. The molecule has 1 saturated carbocycles. The molecule has 1 aliphatic rings. The summed E-state index contributed by atoms with van der Waals surface area (Å²) < 4.78 is 0. The summed E-state index contributed by atoms with van der Waals surface area (Å²) in [7, 11) is 0. The van der Waals surface area contributed by atoms with E-state index in [1.165, 1.54) is 0 Å². The van der Waals surface area contributed by atoms with E-state index < -0.39 is 5.97 Å². The van der Waals surface area contributed by atoms with Crippen molar-refractivity contribution < 1.29 is 14.7 Å². The van der Waals surface area contributed by atoms with Crippen LogP contribution in [-0.4, -0.2) is 30.1 Å². The molecular formula is C10H18N2O3. The van der Waals surface area contributed by atoms with E-state index in [0.29, 0.717) is 19.5 Å². The van der Waals surface area contributed by atoms with Crippen molar-refractivity contribution in [3.05, 3.63) is 0 Å². The van der Waals surface area contributed by atoms with Gasteiger partial charge in [-0.15, -0.1) is 0 Å². The van der Waals surface area contributed by atoms with Crippen LogP contribution in [0.3, 0.4) is 0 Å². The molecule has 86 valence electrons. The molecular weight excluding hydrogens is 196 g/mol. The summed E-state index contributed by atoms with van der Waals surface area (Å²) in [4.78, 5) is 21.3. The van der Waals surface area contributed by atoms with Gasteiger partial charge in [0.25, 0.3) is 0 Å². The normalized spacial score (nSPS) is 25.3. The molecule has 0 bridgehead atoms. The first-order chi connectivity index (χ1) is 7.11. The Kier molecular flexibility index (Phi) is 4.55. The number of hydrogen-bond donors (Lipinski definition) is 3. The minimum absolute atomic E-state index is 0.204. The number of rotatable bonds is 6. The van der Waals surface area contributed by atoms with Crippen molar-refractivity contribution in [3.8, 4) is 0 Å². The third kappa shape index (κ3) is 3.87. The second kappa shape index (κ2) is 5.70. The topological polar surface area (TPSA) is 92.4 Å². The highest BCUT2D eigenvalue weighted by atomic mass is 16.4. The number of carboxylic acids is 1. The van der Waals surface area contributed by atoms with Gasteiger partial charge in [0.15, 0.2) is 0 Å². The van der Waals surface area contributed by atoms with Crippen molar-refractivity contribution in [2.75, 3.05) is 13.1 Å². The van der Waals surface area contributed by atoms with Crippen LogP contribution < -0.4 is 11.1 Å². The Morgan fingerprint density at radius 3 is 2.73 bits per heavy atom. The number of nitrogens with one attached hydrogen (secondary N) is 1. The lowest BCUT2D eigenvalue weighted by Gasteiger charge is -2.15. The number of amides is 1. The van der Waals surface area contributed by atoms with Crippen LogP contribution in [0.15, 0.2) is 0 Å². The molecule has 2 atom stereocenters. The summed E-state index contributed by atoms with van der Waals surface area (Å²) in [6, 6.07) is 0. The summed E-state index contributed by atoms with van der Waals surface area (Å²) in [5.41, 5.74) is 4.99. The fourth-order valence-electron chi connectivity index (χ4n) is 2.11. The van der Waals surface area contributed by atoms with E-state index in [2.05, 4.69) is 5.32 Å². The standard InChI is InChI=1S/C10H18N2O3/c11-9(13)4-5-12-6-7-2-1-3-8(7)10(14)15/h7-8,12H,1-6H2,(H2,11,13)(H,14,15). The third-order valence-electron chi connectivity index (χ3n) is 2.93. The molecule has 0 aromatic rings. The molecule has 0 radical (unpaired) electrons. The van der Waals surface area contributed by atoms with Gasteiger partial charge in [-0.1, -0.05) is 6.42 Å². The first-order valence-corrected chi connectivity index (χ1v) is 5.33. The van der Waals surface area contributed by atoms with Crippen molar-refractivity contribution in [1.29, 1.82) is 0 Å². The van der Waals surface area contributed by atoms with Gasteiger partial charge in [-0.3, -0.25) is 9.59 Å². The van der Waals surface area contributed by atoms with E-state index in [0.717, 1.165) is 19.3 Å². The Morgan fingerprint density at radius 1 is 1.40 bits per heavy atom. The first kappa shape index (κ1) is 12.0. The number of primary amides is 1. The van der Waals surface area contributed by atoms with E-state index >= 15 is 0 Å². The Bertz CT molecular complexity index is 243. The summed E-state index contributed by atoms with van der Waals surface area (Å²) in [5, 5.41) is 12.0. The van der Waals surface area contributed by atoms with Crippen LogP contribution in [0.5, 0.6) is 0 Å². The van der Waals surface area contributed by atoms with E-state index in [1.807, 2.05) is 0 Å². The first-order valence-electron chi connectivity index (χ1n) is 5.33. The second-order valence-electron chi connectivity index (χ2n) is 4.06. The van der Waals surface area contributed by atoms with E-state index in [1.54, 1.807) is 0 Å². The van der Waals surface area contributed by atoms with Gasteiger partial charge in [0.2, 0.25) is 5.91 Å². The highest BCUT2D eigenvalue weighted by molar-refractivity contribution is 5.73. The summed E-state index contributed by atoms with van der Waals surface area (Å²) in [6.45, 7) is 1.21. The predicted octanol–water partition coefficient (Wildman–Crippen LogP) is -0.0477. The van der Waals surface area contributed by atoms with Gasteiger partial charge in [-0.25, -0.2) is 0 Å². The molecule has 4 N–H and O–H groups in total. The lowest BCUT2D eigenvalue weighted by atomic mass is 9.96. The van der Waals surface area contributed by atoms with Crippen LogP contribution >= 0.6 is 0 Å². The van der Waals surface area contributed by atoms with Gasteiger partial charge in [0.05, 0.1) is 5.92 Å². The molecule has 0 saturated heterocycles.